The third kappa shape index (κ3) is 5.28. The van der Waals surface area contributed by atoms with Gasteiger partial charge in [0.1, 0.15) is 0 Å². The molecule has 1 fully saturated rings. The molecule has 2 N–H and O–H groups in total. The summed E-state index contributed by atoms with van der Waals surface area (Å²) in [5.41, 5.74) is 5.91. The highest BCUT2D eigenvalue weighted by Gasteiger charge is 2.15. The van der Waals surface area contributed by atoms with Crippen LogP contribution in [0.4, 0.5) is 0 Å². The number of piperidine rings is 1. The quantitative estimate of drug-likeness (QED) is 0.716. The normalized spacial score (nSPS) is 19.5. The molecule has 0 saturated carbocycles. The zero-order valence-electron chi connectivity index (χ0n) is 11.1. The molecule has 1 aliphatic heterocycles. The van der Waals surface area contributed by atoms with Crippen molar-refractivity contribution < 1.29 is 0 Å². The average molecular weight is 227 g/mol. The summed E-state index contributed by atoms with van der Waals surface area (Å²) in [6.07, 6.45) is 5.00. The van der Waals surface area contributed by atoms with Gasteiger partial charge in [-0.1, -0.05) is 20.3 Å². The van der Waals surface area contributed by atoms with E-state index in [9.17, 15) is 0 Å². The van der Waals surface area contributed by atoms with Crippen LogP contribution in [0.5, 0.6) is 0 Å². The molecule has 0 aromatic rings. The predicted molar refractivity (Wildman–Crippen MR) is 70.7 cm³/mol. The van der Waals surface area contributed by atoms with Gasteiger partial charge in [-0.2, -0.15) is 0 Å². The van der Waals surface area contributed by atoms with Crippen LogP contribution in [0.15, 0.2) is 0 Å². The van der Waals surface area contributed by atoms with E-state index in [1.54, 1.807) is 0 Å². The number of rotatable bonds is 7. The Kier molecular flexibility index (Phi) is 7.01. The zero-order chi connectivity index (χ0) is 11.8. The van der Waals surface area contributed by atoms with Gasteiger partial charge in [0.05, 0.1) is 0 Å². The van der Waals surface area contributed by atoms with Crippen LogP contribution in [-0.4, -0.2) is 55.1 Å². The molecule has 3 heteroatoms. The highest BCUT2D eigenvalue weighted by Crippen LogP contribution is 2.07. The molecule has 0 aliphatic carbocycles. The van der Waals surface area contributed by atoms with E-state index in [0.29, 0.717) is 6.04 Å². The van der Waals surface area contributed by atoms with E-state index >= 15 is 0 Å². The standard InChI is InChI=1S/C13H29N3/c1-3-5-8-15(4-2)11-12-16-9-6-13(14)7-10-16/h13H,3-12,14H2,1-2H3. The van der Waals surface area contributed by atoms with Crippen LogP contribution < -0.4 is 5.73 Å². The molecular formula is C13H29N3. The van der Waals surface area contributed by atoms with E-state index in [1.807, 2.05) is 0 Å². The SMILES string of the molecule is CCCCN(CC)CCN1CCC(N)CC1. The largest absolute Gasteiger partial charge is 0.328 e. The Bertz CT molecular complexity index is 160. The molecule has 1 rings (SSSR count). The zero-order valence-corrected chi connectivity index (χ0v) is 11.1. The fourth-order valence-corrected chi connectivity index (χ4v) is 2.27. The number of unbranched alkanes of at least 4 members (excludes halogenated alkanes) is 1. The first-order chi connectivity index (χ1) is 7.76. The maximum Gasteiger partial charge on any atom is 0.0109 e. The van der Waals surface area contributed by atoms with Crippen molar-refractivity contribution in [2.45, 2.75) is 45.6 Å². The Balaban J connectivity index is 2.11. The van der Waals surface area contributed by atoms with Gasteiger partial charge in [0, 0.05) is 19.1 Å². The molecule has 3 nitrogen and oxygen atoms in total. The minimum atomic E-state index is 0.457. The number of likely N-dealkylation sites (N-methyl/N-ethyl adjacent to an activating group) is 1. The van der Waals surface area contributed by atoms with E-state index < -0.39 is 0 Å². The Morgan fingerprint density at radius 1 is 1.19 bits per heavy atom. The van der Waals surface area contributed by atoms with Crippen LogP contribution >= 0.6 is 0 Å². The fraction of sp³-hybridized carbons (Fsp3) is 1.00. The van der Waals surface area contributed by atoms with Gasteiger partial charge >= 0.3 is 0 Å². The van der Waals surface area contributed by atoms with Crippen LogP contribution in [0.2, 0.25) is 0 Å². The lowest BCUT2D eigenvalue weighted by Crippen LogP contribution is -2.43. The number of nitrogens with two attached hydrogens (primary N) is 1. The predicted octanol–water partition coefficient (Wildman–Crippen LogP) is 1.53. The van der Waals surface area contributed by atoms with E-state index in [0.717, 1.165) is 0 Å². The van der Waals surface area contributed by atoms with Crippen LogP contribution in [0.25, 0.3) is 0 Å². The summed E-state index contributed by atoms with van der Waals surface area (Å²) >= 11 is 0. The minimum absolute atomic E-state index is 0.457. The Hall–Kier alpha value is -0.120. The minimum Gasteiger partial charge on any atom is -0.328 e. The smallest absolute Gasteiger partial charge is 0.0109 e. The lowest BCUT2D eigenvalue weighted by atomic mass is 10.1. The van der Waals surface area contributed by atoms with Crippen LogP contribution in [0, 0.1) is 0 Å². The van der Waals surface area contributed by atoms with E-state index in [-0.39, 0.29) is 0 Å². The van der Waals surface area contributed by atoms with Crippen molar-refractivity contribution in [1.29, 1.82) is 0 Å². The summed E-state index contributed by atoms with van der Waals surface area (Å²) in [6, 6.07) is 0.457. The van der Waals surface area contributed by atoms with Gasteiger partial charge in [-0.25, -0.2) is 0 Å². The van der Waals surface area contributed by atoms with E-state index in [2.05, 4.69) is 23.6 Å². The molecule has 1 saturated heterocycles. The van der Waals surface area contributed by atoms with Crippen molar-refractivity contribution >= 4 is 0 Å². The van der Waals surface area contributed by atoms with Crippen LogP contribution in [0.3, 0.4) is 0 Å². The van der Waals surface area contributed by atoms with Gasteiger partial charge in [0.2, 0.25) is 0 Å². The van der Waals surface area contributed by atoms with Gasteiger partial charge in [0.15, 0.2) is 0 Å². The van der Waals surface area contributed by atoms with Crippen molar-refractivity contribution in [3.8, 4) is 0 Å². The second-order valence-electron chi connectivity index (χ2n) is 4.97. The molecule has 1 heterocycles. The first-order valence-corrected chi connectivity index (χ1v) is 6.96. The van der Waals surface area contributed by atoms with Gasteiger partial charge in [-0.15, -0.1) is 0 Å². The highest BCUT2D eigenvalue weighted by atomic mass is 15.2. The van der Waals surface area contributed by atoms with Crippen molar-refractivity contribution in [2.75, 3.05) is 39.3 Å². The number of likely N-dealkylation sites (tertiary alicyclic amines) is 1. The average Bonchev–Trinajstić information content (AvgIpc) is 2.32. The molecule has 0 amide bonds. The summed E-state index contributed by atoms with van der Waals surface area (Å²) in [5.74, 6) is 0. The lowest BCUT2D eigenvalue weighted by molar-refractivity contribution is 0.175. The lowest BCUT2D eigenvalue weighted by Gasteiger charge is -2.32. The molecule has 0 spiro atoms. The molecule has 0 bridgehead atoms. The number of nitrogens with zero attached hydrogens (tertiary/aromatic N) is 2. The first-order valence-electron chi connectivity index (χ1n) is 6.96. The van der Waals surface area contributed by atoms with Gasteiger partial charge in [-0.3, -0.25) is 0 Å². The molecular weight excluding hydrogens is 198 g/mol. The van der Waals surface area contributed by atoms with Gasteiger partial charge in [-0.05, 0) is 45.4 Å². The second-order valence-corrected chi connectivity index (χ2v) is 4.97. The highest BCUT2D eigenvalue weighted by molar-refractivity contribution is 4.74. The van der Waals surface area contributed by atoms with Crippen molar-refractivity contribution in [3.05, 3.63) is 0 Å². The van der Waals surface area contributed by atoms with Gasteiger partial charge < -0.3 is 15.5 Å². The van der Waals surface area contributed by atoms with E-state index in [1.165, 1.54) is 65.0 Å². The number of hydrogen-bond acceptors (Lipinski definition) is 3. The van der Waals surface area contributed by atoms with Crippen molar-refractivity contribution in [2.24, 2.45) is 5.73 Å². The molecule has 16 heavy (non-hydrogen) atoms. The summed E-state index contributed by atoms with van der Waals surface area (Å²) < 4.78 is 0. The maximum absolute atomic E-state index is 5.91. The third-order valence-electron chi connectivity index (χ3n) is 3.64. The molecule has 0 aromatic heterocycles. The molecule has 96 valence electrons. The van der Waals surface area contributed by atoms with Crippen LogP contribution in [0.1, 0.15) is 39.5 Å². The third-order valence-corrected chi connectivity index (χ3v) is 3.64. The second kappa shape index (κ2) is 8.04. The molecule has 0 radical (unpaired) electrons. The molecule has 0 unspecified atom stereocenters. The molecule has 0 aromatic carbocycles. The maximum atomic E-state index is 5.91. The molecule has 0 atom stereocenters. The number of hydrogen-bond donors (Lipinski definition) is 1. The fourth-order valence-electron chi connectivity index (χ4n) is 2.27. The summed E-state index contributed by atoms with van der Waals surface area (Å²) in [4.78, 5) is 5.13. The summed E-state index contributed by atoms with van der Waals surface area (Å²) in [5, 5.41) is 0. The Morgan fingerprint density at radius 2 is 1.88 bits per heavy atom. The molecule has 1 aliphatic rings. The van der Waals surface area contributed by atoms with Gasteiger partial charge in [0.25, 0.3) is 0 Å². The summed E-state index contributed by atoms with van der Waals surface area (Å²) in [6.45, 7) is 11.8. The Morgan fingerprint density at radius 3 is 2.44 bits per heavy atom. The van der Waals surface area contributed by atoms with Crippen molar-refractivity contribution in [3.63, 3.8) is 0 Å². The van der Waals surface area contributed by atoms with Crippen molar-refractivity contribution in [1.82, 2.24) is 9.80 Å². The monoisotopic (exact) mass is 227 g/mol. The topological polar surface area (TPSA) is 32.5 Å². The van der Waals surface area contributed by atoms with E-state index in [4.69, 9.17) is 5.73 Å². The summed E-state index contributed by atoms with van der Waals surface area (Å²) in [7, 11) is 0. The van der Waals surface area contributed by atoms with Crippen LogP contribution in [-0.2, 0) is 0 Å². The first kappa shape index (κ1) is 13.9. The Labute approximate surface area is 101 Å².